The van der Waals surface area contributed by atoms with Crippen molar-refractivity contribution in [3.8, 4) is 0 Å². The van der Waals surface area contributed by atoms with E-state index in [0.717, 1.165) is 36.6 Å². The van der Waals surface area contributed by atoms with Crippen LogP contribution in [0.4, 0.5) is 23.2 Å². The molecule has 1 amide bonds. The third-order valence-electron chi connectivity index (χ3n) is 3.37. The molecule has 0 radical (unpaired) electrons. The molecule has 140 valence electrons. The minimum atomic E-state index is -4.05. The van der Waals surface area contributed by atoms with E-state index >= 15 is 0 Å². The molecule has 2 rings (SSSR count). The summed E-state index contributed by atoms with van der Waals surface area (Å²) in [6.07, 6.45) is 0.760. The van der Waals surface area contributed by atoms with Gasteiger partial charge in [0.15, 0.2) is 23.3 Å². The summed E-state index contributed by atoms with van der Waals surface area (Å²) in [4.78, 5) is 11.9. The Kier molecular flexibility index (Phi) is 5.86. The summed E-state index contributed by atoms with van der Waals surface area (Å²) in [5.41, 5.74) is -0.955. The highest BCUT2D eigenvalue weighted by Crippen LogP contribution is 2.25. The average Bonchev–Trinajstić information content (AvgIpc) is 2.54. The largest absolute Gasteiger partial charge is 0.350 e. The number of carbonyl (C=O) groups excluding carboxylic acids is 1. The first-order chi connectivity index (χ1) is 12.1. The van der Waals surface area contributed by atoms with E-state index in [1.807, 2.05) is 0 Å². The minimum Gasteiger partial charge on any atom is -0.350 e. The number of halogens is 4. The molecule has 0 saturated carbocycles. The van der Waals surface area contributed by atoms with Gasteiger partial charge in [-0.25, -0.2) is 26.0 Å². The topological polar surface area (TPSA) is 66.5 Å². The fourth-order valence-electron chi connectivity index (χ4n) is 2.18. The van der Waals surface area contributed by atoms with Crippen molar-refractivity contribution in [2.24, 2.45) is 0 Å². The number of para-hydroxylation sites is 1. The first kappa shape index (κ1) is 19.7. The average molecular weight is 390 g/mol. The van der Waals surface area contributed by atoms with Gasteiger partial charge in [-0.05, 0) is 30.3 Å². The van der Waals surface area contributed by atoms with Crippen molar-refractivity contribution in [1.82, 2.24) is 5.32 Å². The maximum Gasteiger partial charge on any atom is 0.251 e. The number of rotatable bonds is 6. The molecule has 0 spiro atoms. The van der Waals surface area contributed by atoms with E-state index in [4.69, 9.17) is 0 Å². The molecule has 2 aromatic carbocycles. The van der Waals surface area contributed by atoms with Crippen LogP contribution < -0.4 is 9.62 Å². The highest BCUT2D eigenvalue weighted by atomic mass is 32.2. The van der Waals surface area contributed by atoms with Crippen LogP contribution in [0.2, 0.25) is 0 Å². The smallest absolute Gasteiger partial charge is 0.251 e. The fraction of sp³-hybridized carbons (Fsp3) is 0.188. The molecule has 0 unspecified atom stereocenters. The number of anilines is 1. The van der Waals surface area contributed by atoms with Crippen LogP contribution >= 0.6 is 0 Å². The molecular weight excluding hydrogens is 376 g/mol. The molecule has 0 atom stereocenters. The van der Waals surface area contributed by atoms with Gasteiger partial charge in [0.1, 0.15) is 5.69 Å². The lowest BCUT2D eigenvalue weighted by atomic mass is 10.2. The van der Waals surface area contributed by atoms with E-state index in [1.165, 1.54) is 0 Å². The predicted octanol–water partition coefficient (Wildman–Crippen LogP) is 2.44. The van der Waals surface area contributed by atoms with E-state index in [2.05, 4.69) is 5.32 Å². The van der Waals surface area contributed by atoms with Gasteiger partial charge in [0.2, 0.25) is 10.0 Å². The summed E-state index contributed by atoms with van der Waals surface area (Å²) < 4.78 is 77.9. The lowest BCUT2D eigenvalue weighted by Crippen LogP contribution is -2.39. The maximum absolute atomic E-state index is 13.9. The number of hydrogen-bond donors (Lipinski definition) is 1. The second kappa shape index (κ2) is 7.73. The van der Waals surface area contributed by atoms with Gasteiger partial charge in [0, 0.05) is 12.1 Å². The van der Waals surface area contributed by atoms with E-state index in [-0.39, 0.29) is 12.1 Å². The Morgan fingerprint density at radius 1 is 1.00 bits per heavy atom. The summed E-state index contributed by atoms with van der Waals surface area (Å²) in [5.74, 6) is -5.31. The van der Waals surface area contributed by atoms with Crippen molar-refractivity contribution in [3.63, 3.8) is 0 Å². The second-order valence-corrected chi connectivity index (χ2v) is 7.20. The Balaban J connectivity index is 2.14. The van der Waals surface area contributed by atoms with E-state index in [0.29, 0.717) is 10.4 Å². The molecule has 0 aliphatic rings. The van der Waals surface area contributed by atoms with E-state index < -0.39 is 51.4 Å². The minimum absolute atomic E-state index is 0.188. The summed E-state index contributed by atoms with van der Waals surface area (Å²) in [7, 11) is -4.05. The first-order valence-corrected chi connectivity index (χ1v) is 9.11. The summed E-state index contributed by atoms with van der Waals surface area (Å²) in [6, 6.07) is 5.36. The van der Waals surface area contributed by atoms with Crippen molar-refractivity contribution in [3.05, 3.63) is 65.2 Å². The number of benzene rings is 2. The van der Waals surface area contributed by atoms with Crippen LogP contribution in [0, 0.1) is 23.3 Å². The molecule has 1 N–H and O–H groups in total. The number of amides is 1. The van der Waals surface area contributed by atoms with Crippen molar-refractivity contribution in [2.75, 3.05) is 23.7 Å². The highest BCUT2D eigenvalue weighted by molar-refractivity contribution is 7.92. The van der Waals surface area contributed by atoms with Gasteiger partial charge in [-0.3, -0.25) is 9.10 Å². The Labute approximate surface area is 147 Å². The van der Waals surface area contributed by atoms with Gasteiger partial charge in [0.25, 0.3) is 5.91 Å². The van der Waals surface area contributed by atoms with Crippen molar-refractivity contribution in [1.29, 1.82) is 0 Å². The third kappa shape index (κ3) is 4.51. The zero-order valence-corrected chi connectivity index (χ0v) is 14.3. The molecule has 0 heterocycles. The molecule has 10 heteroatoms. The quantitative estimate of drug-likeness (QED) is 0.771. The van der Waals surface area contributed by atoms with Gasteiger partial charge >= 0.3 is 0 Å². The van der Waals surface area contributed by atoms with Crippen LogP contribution in [-0.2, 0) is 10.0 Å². The number of nitrogens with zero attached hydrogens (tertiary/aromatic N) is 1. The standard InChI is InChI=1S/C16H14F4N2O3S/c1-26(24,25)22(15-12(18)3-2-4-13(15)19)8-7-21-16(23)10-5-6-11(17)14(20)9-10/h2-6,9H,7-8H2,1H3,(H,21,23). The number of sulfonamides is 1. The number of carbonyl (C=O) groups is 1. The molecule has 26 heavy (non-hydrogen) atoms. The van der Waals surface area contributed by atoms with Crippen molar-refractivity contribution < 1.29 is 30.8 Å². The fourth-order valence-corrected chi connectivity index (χ4v) is 3.11. The molecule has 0 aromatic heterocycles. The summed E-state index contributed by atoms with van der Waals surface area (Å²) in [5, 5.41) is 2.28. The van der Waals surface area contributed by atoms with E-state index in [9.17, 15) is 30.8 Å². The van der Waals surface area contributed by atoms with Gasteiger partial charge < -0.3 is 5.32 Å². The third-order valence-corrected chi connectivity index (χ3v) is 4.54. The van der Waals surface area contributed by atoms with Gasteiger partial charge in [-0.1, -0.05) is 6.07 Å². The van der Waals surface area contributed by atoms with Gasteiger partial charge in [0.05, 0.1) is 12.8 Å². The number of hydrogen-bond acceptors (Lipinski definition) is 3. The Bertz CT molecular complexity index is 915. The van der Waals surface area contributed by atoms with Crippen LogP contribution in [0.5, 0.6) is 0 Å². The molecular formula is C16H14F4N2O3S. The Hall–Kier alpha value is -2.62. The van der Waals surface area contributed by atoms with Gasteiger partial charge in [-0.15, -0.1) is 0 Å². The van der Waals surface area contributed by atoms with Crippen LogP contribution in [0.25, 0.3) is 0 Å². The Morgan fingerprint density at radius 2 is 1.62 bits per heavy atom. The zero-order valence-electron chi connectivity index (χ0n) is 13.5. The molecule has 0 fully saturated rings. The molecule has 5 nitrogen and oxygen atoms in total. The predicted molar refractivity (Wildman–Crippen MR) is 87.2 cm³/mol. The van der Waals surface area contributed by atoms with Crippen LogP contribution in [0.3, 0.4) is 0 Å². The summed E-state index contributed by atoms with van der Waals surface area (Å²) >= 11 is 0. The monoisotopic (exact) mass is 390 g/mol. The summed E-state index contributed by atoms with van der Waals surface area (Å²) in [6.45, 7) is -0.787. The molecule has 0 aliphatic carbocycles. The molecule has 0 aliphatic heterocycles. The molecule has 0 saturated heterocycles. The maximum atomic E-state index is 13.9. The normalized spacial score (nSPS) is 11.3. The molecule has 0 bridgehead atoms. The van der Waals surface area contributed by atoms with E-state index in [1.54, 1.807) is 0 Å². The Morgan fingerprint density at radius 3 is 2.15 bits per heavy atom. The SMILES string of the molecule is CS(=O)(=O)N(CCNC(=O)c1ccc(F)c(F)c1)c1c(F)cccc1F. The van der Waals surface area contributed by atoms with Gasteiger partial charge in [-0.2, -0.15) is 0 Å². The highest BCUT2D eigenvalue weighted by Gasteiger charge is 2.24. The van der Waals surface area contributed by atoms with Crippen LogP contribution in [0.1, 0.15) is 10.4 Å². The lowest BCUT2D eigenvalue weighted by Gasteiger charge is -2.23. The first-order valence-electron chi connectivity index (χ1n) is 7.26. The van der Waals surface area contributed by atoms with Crippen molar-refractivity contribution >= 4 is 21.6 Å². The number of nitrogens with one attached hydrogen (secondary N) is 1. The second-order valence-electron chi connectivity index (χ2n) is 5.29. The van der Waals surface area contributed by atoms with Crippen LogP contribution in [-0.4, -0.2) is 33.7 Å². The lowest BCUT2D eigenvalue weighted by molar-refractivity contribution is 0.0954. The molecule has 2 aromatic rings. The zero-order chi connectivity index (χ0) is 19.5. The van der Waals surface area contributed by atoms with Crippen LogP contribution in [0.15, 0.2) is 36.4 Å². The van der Waals surface area contributed by atoms with Crippen molar-refractivity contribution in [2.45, 2.75) is 0 Å².